The number of rotatable bonds is 2. The van der Waals surface area contributed by atoms with Crippen LogP contribution in [0.2, 0.25) is 0 Å². The Labute approximate surface area is 116 Å². The Morgan fingerprint density at radius 1 is 1.37 bits per heavy atom. The summed E-state index contributed by atoms with van der Waals surface area (Å²) in [6, 6.07) is 0.392. The van der Waals surface area contributed by atoms with Crippen LogP contribution in [-0.2, 0) is 4.79 Å². The standard InChI is InChI=1S/C15H27N3O/c1-11-10-18(2)8-3-13(11)17-14(19)12-9-15(12)4-6-16-7-5-15/h11-13,16H,3-10H2,1-2H3,(H,17,19). The third-order valence-corrected chi connectivity index (χ3v) is 5.54. The second kappa shape index (κ2) is 5.06. The summed E-state index contributed by atoms with van der Waals surface area (Å²) in [6.07, 6.45) is 4.61. The van der Waals surface area contributed by atoms with E-state index in [-0.39, 0.29) is 0 Å². The number of amides is 1. The van der Waals surface area contributed by atoms with Crippen LogP contribution in [0.4, 0.5) is 0 Å². The monoisotopic (exact) mass is 265 g/mol. The lowest BCUT2D eigenvalue weighted by Gasteiger charge is -2.35. The van der Waals surface area contributed by atoms with E-state index < -0.39 is 0 Å². The third kappa shape index (κ3) is 2.65. The zero-order valence-corrected chi connectivity index (χ0v) is 12.2. The molecule has 0 bridgehead atoms. The Bertz CT molecular complexity index is 351. The molecule has 108 valence electrons. The molecule has 0 radical (unpaired) electrons. The van der Waals surface area contributed by atoms with Crippen molar-refractivity contribution in [2.45, 2.75) is 38.6 Å². The molecule has 4 nitrogen and oxygen atoms in total. The van der Waals surface area contributed by atoms with Gasteiger partial charge in [-0.2, -0.15) is 0 Å². The van der Waals surface area contributed by atoms with Crippen LogP contribution in [0.3, 0.4) is 0 Å². The predicted molar refractivity (Wildman–Crippen MR) is 75.9 cm³/mol. The number of nitrogens with zero attached hydrogens (tertiary/aromatic N) is 1. The highest BCUT2D eigenvalue weighted by atomic mass is 16.2. The molecular weight excluding hydrogens is 238 g/mol. The van der Waals surface area contributed by atoms with Gasteiger partial charge in [0.2, 0.25) is 5.91 Å². The van der Waals surface area contributed by atoms with Gasteiger partial charge in [0.15, 0.2) is 0 Å². The van der Waals surface area contributed by atoms with E-state index in [0.29, 0.717) is 29.2 Å². The lowest BCUT2D eigenvalue weighted by Crippen LogP contribution is -2.49. The van der Waals surface area contributed by atoms with Gasteiger partial charge in [0.05, 0.1) is 0 Å². The van der Waals surface area contributed by atoms with Gasteiger partial charge < -0.3 is 15.5 Å². The predicted octanol–water partition coefficient (Wildman–Crippen LogP) is 0.833. The maximum Gasteiger partial charge on any atom is 0.223 e. The van der Waals surface area contributed by atoms with Gasteiger partial charge in [-0.25, -0.2) is 0 Å². The van der Waals surface area contributed by atoms with E-state index >= 15 is 0 Å². The zero-order valence-electron chi connectivity index (χ0n) is 12.2. The molecule has 1 aliphatic carbocycles. The van der Waals surface area contributed by atoms with Crippen LogP contribution < -0.4 is 10.6 Å². The molecule has 2 heterocycles. The van der Waals surface area contributed by atoms with Crippen molar-refractivity contribution in [3.8, 4) is 0 Å². The molecule has 3 fully saturated rings. The van der Waals surface area contributed by atoms with Gasteiger partial charge in [0.25, 0.3) is 0 Å². The summed E-state index contributed by atoms with van der Waals surface area (Å²) < 4.78 is 0. The van der Waals surface area contributed by atoms with Crippen LogP contribution in [0.5, 0.6) is 0 Å². The Morgan fingerprint density at radius 3 is 2.79 bits per heavy atom. The van der Waals surface area contributed by atoms with Crippen molar-refractivity contribution in [2.24, 2.45) is 17.3 Å². The SMILES string of the molecule is CC1CN(C)CCC1NC(=O)C1CC12CCNCC2. The number of hydrogen-bond donors (Lipinski definition) is 2. The summed E-state index contributed by atoms with van der Waals surface area (Å²) in [7, 11) is 2.17. The van der Waals surface area contributed by atoms with E-state index in [9.17, 15) is 4.79 Å². The Hall–Kier alpha value is -0.610. The molecule has 3 unspecified atom stereocenters. The van der Waals surface area contributed by atoms with Gasteiger partial charge in [0, 0.05) is 18.5 Å². The molecule has 0 aromatic rings. The van der Waals surface area contributed by atoms with Gasteiger partial charge >= 0.3 is 0 Å². The molecule has 3 rings (SSSR count). The van der Waals surface area contributed by atoms with Crippen molar-refractivity contribution in [1.82, 2.24) is 15.5 Å². The zero-order chi connectivity index (χ0) is 13.5. The van der Waals surface area contributed by atoms with E-state index in [1.807, 2.05) is 0 Å². The largest absolute Gasteiger partial charge is 0.353 e. The minimum atomic E-state index is 0.307. The highest BCUT2D eigenvalue weighted by molar-refractivity contribution is 5.83. The Kier molecular flexibility index (Phi) is 3.56. The molecule has 0 aromatic carbocycles. The fourth-order valence-corrected chi connectivity index (χ4v) is 4.05. The topological polar surface area (TPSA) is 44.4 Å². The highest BCUT2D eigenvalue weighted by Gasteiger charge is 2.57. The van der Waals surface area contributed by atoms with Crippen molar-refractivity contribution in [3.05, 3.63) is 0 Å². The minimum absolute atomic E-state index is 0.307. The molecule has 2 aliphatic heterocycles. The molecular formula is C15H27N3O. The van der Waals surface area contributed by atoms with E-state index in [1.54, 1.807) is 0 Å². The maximum absolute atomic E-state index is 12.4. The number of nitrogens with one attached hydrogen (secondary N) is 2. The second-order valence-electron chi connectivity index (χ2n) is 7.01. The first-order chi connectivity index (χ1) is 9.11. The van der Waals surface area contributed by atoms with E-state index in [2.05, 4.69) is 29.5 Å². The number of hydrogen-bond acceptors (Lipinski definition) is 3. The van der Waals surface area contributed by atoms with Crippen LogP contribution in [0.1, 0.15) is 32.6 Å². The number of carbonyl (C=O) groups is 1. The van der Waals surface area contributed by atoms with Crippen molar-refractivity contribution in [2.75, 3.05) is 33.2 Å². The first-order valence-electron chi connectivity index (χ1n) is 7.80. The summed E-state index contributed by atoms with van der Waals surface area (Å²) in [5.41, 5.74) is 0.365. The Morgan fingerprint density at radius 2 is 2.11 bits per heavy atom. The maximum atomic E-state index is 12.4. The van der Waals surface area contributed by atoms with Crippen LogP contribution in [0.25, 0.3) is 0 Å². The minimum Gasteiger partial charge on any atom is -0.353 e. The summed E-state index contributed by atoms with van der Waals surface area (Å²) in [6.45, 7) is 6.65. The number of piperidine rings is 2. The van der Waals surface area contributed by atoms with Crippen molar-refractivity contribution >= 4 is 5.91 Å². The first-order valence-corrected chi connectivity index (χ1v) is 7.80. The number of likely N-dealkylation sites (tertiary alicyclic amines) is 1. The summed E-state index contributed by atoms with van der Waals surface area (Å²) in [5, 5.41) is 6.73. The molecule has 1 spiro atoms. The molecule has 3 aliphatic rings. The van der Waals surface area contributed by atoms with Crippen LogP contribution >= 0.6 is 0 Å². The van der Waals surface area contributed by atoms with Crippen LogP contribution in [0, 0.1) is 17.3 Å². The van der Waals surface area contributed by atoms with Crippen molar-refractivity contribution < 1.29 is 4.79 Å². The fraction of sp³-hybridized carbons (Fsp3) is 0.933. The highest BCUT2D eigenvalue weighted by Crippen LogP contribution is 2.58. The van der Waals surface area contributed by atoms with Crippen LogP contribution in [-0.4, -0.2) is 50.1 Å². The van der Waals surface area contributed by atoms with Gasteiger partial charge in [-0.15, -0.1) is 0 Å². The average molecular weight is 265 g/mol. The van der Waals surface area contributed by atoms with Crippen molar-refractivity contribution in [3.63, 3.8) is 0 Å². The lowest BCUT2D eigenvalue weighted by molar-refractivity contribution is -0.124. The molecule has 1 saturated carbocycles. The summed E-state index contributed by atoms with van der Waals surface area (Å²) in [4.78, 5) is 14.8. The fourth-order valence-electron chi connectivity index (χ4n) is 4.05. The van der Waals surface area contributed by atoms with Crippen molar-refractivity contribution in [1.29, 1.82) is 0 Å². The van der Waals surface area contributed by atoms with Crippen LogP contribution in [0.15, 0.2) is 0 Å². The molecule has 4 heteroatoms. The molecule has 2 saturated heterocycles. The first kappa shape index (κ1) is 13.4. The molecule has 1 amide bonds. The quantitative estimate of drug-likeness (QED) is 0.777. The molecule has 19 heavy (non-hydrogen) atoms. The normalized spacial score (nSPS) is 38.1. The molecule has 2 N–H and O–H groups in total. The summed E-state index contributed by atoms with van der Waals surface area (Å²) in [5.74, 6) is 1.22. The number of carbonyl (C=O) groups excluding carboxylic acids is 1. The van der Waals surface area contributed by atoms with Gasteiger partial charge in [0.1, 0.15) is 0 Å². The van der Waals surface area contributed by atoms with E-state index in [1.165, 1.54) is 12.8 Å². The average Bonchev–Trinajstić information content (AvgIpc) is 3.07. The Balaban J connectivity index is 1.52. The lowest BCUT2D eigenvalue weighted by atomic mass is 9.90. The third-order valence-electron chi connectivity index (χ3n) is 5.54. The van der Waals surface area contributed by atoms with E-state index in [4.69, 9.17) is 0 Å². The smallest absolute Gasteiger partial charge is 0.223 e. The molecule has 0 aromatic heterocycles. The van der Waals surface area contributed by atoms with Gasteiger partial charge in [-0.3, -0.25) is 4.79 Å². The molecule has 3 atom stereocenters. The van der Waals surface area contributed by atoms with E-state index in [0.717, 1.165) is 39.0 Å². The van der Waals surface area contributed by atoms with Gasteiger partial charge in [-0.1, -0.05) is 6.92 Å². The summed E-state index contributed by atoms with van der Waals surface area (Å²) >= 11 is 0. The second-order valence-corrected chi connectivity index (χ2v) is 7.01. The van der Waals surface area contributed by atoms with Gasteiger partial charge in [-0.05, 0) is 63.7 Å².